The summed E-state index contributed by atoms with van der Waals surface area (Å²) in [6.45, 7) is 14.5. The van der Waals surface area contributed by atoms with E-state index in [2.05, 4.69) is 39.5 Å². The van der Waals surface area contributed by atoms with Gasteiger partial charge in [-0.25, -0.2) is 0 Å². The molecule has 1 aliphatic rings. The number of amides is 2. The first kappa shape index (κ1) is 21.4. The molecule has 150 valence electrons. The lowest BCUT2D eigenvalue weighted by Gasteiger charge is -2.37. The van der Waals surface area contributed by atoms with Crippen molar-refractivity contribution in [1.82, 2.24) is 15.1 Å². The van der Waals surface area contributed by atoms with Crippen LogP contribution in [0.1, 0.15) is 37.0 Å². The summed E-state index contributed by atoms with van der Waals surface area (Å²) in [5.74, 6) is 0.112. The quantitative estimate of drug-likeness (QED) is 0.767. The van der Waals surface area contributed by atoms with Gasteiger partial charge < -0.3 is 10.6 Å². The van der Waals surface area contributed by atoms with Crippen molar-refractivity contribution in [3.05, 3.63) is 28.8 Å². The molecule has 0 aromatic heterocycles. The highest BCUT2D eigenvalue weighted by molar-refractivity contribution is 5.96. The van der Waals surface area contributed by atoms with Gasteiger partial charge in [0.05, 0.1) is 12.6 Å². The molecule has 1 heterocycles. The minimum Gasteiger partial charge on any atom is -0.355 e. The van der Waals surface area contributed by atoms with Crippen molar-refractivity contribution < 1.29 is 9.59 Å². The number of anilines is 1. The van der Waals surface area contributed by atoms with Crippen molar-refractivity contribution >= 4 is 17.5 Å². The zero-order chi connectivity index (χ0) is 20.0. The van der Waals surface area contributed by atoms with Gasteiger partial charge >= 0.3 is 0 Å². The van der Waals surface area contributed by atoms with Crippen molar-refractivity contribution in [2.75, 3.05) is 44.6 Å². The number of hydrogen-bond acceptors (Lipinski definition) is 4. The van der Waals surface area contributed by atoms with E-state index in [9.17, 15) is 9.59 Å². The highest BCUT2D eigenvalue weighted by atomic mass is 16.2. The predicted octanol–water partition coefficient (Wildman–Crippen LogP) is 2.08. The molecule has 1 fully saturated rings. The van der Waals surface area contributed by atoms with Crippen LogP contribution in [0.4, 0.5) is 5.69 Å². The highest BCUT2D eigenvalue weighted by Crippen LogP contribution is 2.22. The Labute approximate surface area is 163 Å². The largest absolute Gasteiger partial charge is 0.355 e. The average Bonchev–Trinajstić information content (AvgIpc) is 2.62. The smallest absolute Gasteiger partial charge is 0.241 e. The Morgan fingerprint density at radius 1 is 1.07 bits per heavy atom. The van der Waals surface area contributed by atoms with Crippen molar-refractivity contribution in [3.63, 3.8) is 0 Å². The van der Waals surface area contributed by atoms with Crippen molar-refractivity contribution in [2.24, 2.45) is 0 Å². The van der Waals surface area contributed by atoms with E-state index in [0.29, 0.717) is 6.54 Å². The fourth-order valence-electron chi connectivity index (χ4n) is 3.60. The highest BCUT2D eigenvalue weighted by Gasteiger charge is 2.26. The summed E-state index contributed by atoms with van der Waals surface area (Å²) in [5.41, 5.74) is 4.31. The van der Waals surface area contributed by atoms with E-state index in [4.69, 9.17) is 0 Å². The number of nitrogens with zero attached hydrogens (tertiary/aromatic N) is 2. The van der Waals surface area contributed by atoms with Gasteiger partial charge in [-0.1, -0.05) is 24.6 Å². The summed E-state index contributed by atoms with van der Waals surface area (Å²) in [7, 11) is 0. The number of carbonyl (C=O) groups excluding carboxylic acids is 2. The number of nitrogens with one attached hydrogen (secondary N) is 2. The van der Waals surface area contributed by atoms with Crippen LogP contribution in [0.2, 0.25) is 0 Å². The van der Waals surface area contributed by atoms with Gasteiger partial charge in [-0.15, -0.1) is 0 Å². The number of aryl methyl sites for hydroxylation is 3. The van der Waals surface area contributed by atoms with Crippen LogP contribution in [-0.2, 0) is 9.59 Å². The number of hydrogen-bond donors (Lipinski definition) is 2. The lowest BCUT2D eigenvalue weighted by molar-refractivity contribution is -0.124. The van der Waals surface area contributed by atoms with Crippen LogP contribution in [0.5, 0.6) is 0 Å². The Bertz CT molecular complexity index is 643. The molecule has 2 N–H and O–H groups in total. The monoisotopic (exact) mass is 374 g/mol. The predicted molar refractivity (Wildman–Crippen MR) is 110 cm³/mol. The molecule has 2 rings (SSSR count). The maximum atomic E-state index is 12.7. The second-order valence-electron chi connectivity index (χ2n) is 7.60. The fourth-order valence-corrected chi connectivity index (χ4v) is 3.60. The molecule has 1 atom stereocenters. The molecule has 27 heavy (non-hydrogen) atoms. The van der Waals surface area contributed by atoms with E-state index in [1.807, 2.05) is 27.7 Å². The van der Waals surface area contributed by atoms with E-state index >= 15 is 0 Å². The molecule has 1 aromatic carbocycles. The molecule has 1 aliphatic heterocycles. The Morgan fingerprint density at radius 2 is 1.67 bits per heavy atom. The molecule has 6 heteroatoms. The first-order valence-electron chi connectivity index (χ1n) is 9.93. The first-order valence-corrected chi connectivity index (χ1v) is 9.93. The van der Waals surface area contributed by atoms with Crippen LogP contribution in [0.15, 0.2) is 12.1 Å². The van der Waals surface area contributed by atoms with Crippen molar-refractivity contribution in [1.29, 1.82) is 0 Å². The molecule has 0 radical (unpaired) electrons. The molecular weight excluding hydrogens is 340 g/mol. The summed E-state index contributed by atoms with van der Waals surface area (Å²) in [5, 5.41) is 6.03. The number of carbonyl (C=O) groups is 2. The Hall–Kier alpha value is -1.92. The van der Waals surface area contributed by atoms with Crippen LogP contribution in [0, 0.1) is 20.8 Å². The molecule has 0 unspecified atom stereocenters. The third-order valence-corrected chi connectivity index (χ3v) is 5.20. The van der Waals surface area contributed by atoms with E-state index in [1.165, 1.54) is 5.56 Å². The molecule has 6 nitrogen and oxygen atoms in total. The van der Waals surface area contributed by atoms with Gasteiger partial charge in [-0.3, -0.25) is 19.4 Å². The SMILES string of the molecule is CCCNC(=O)CN1CCN([C@@H](C)C(=O)Nc2c(C)cc(C)cc2C)CC1. The van der Waals surface area contributed by atoms with E-state index in [1.54, 1.807) is 0 Å². The second kappa shape index (κ2) is 9.85. The van der Waals surface area contributed by atoms with E-state index < -0.39 is 0 Å². The molecule has 2 amide bonds. The molecule has 0 saturated carbocycles. The van der Waals surface area contributed by atoms with Crippen molar-refractivity contribution in [2.45, 2.75) is 47.1 Å². The molecule has 0 spiro atoms. The normalized spacial score (nSPS) is 16.8. The van der Waals surface area contributed by atoms with Crippen LogP contribution in [0.25, 0.3) is 0 Å². The van der Waals surface area contributed by atoms with E-state index in [0.717, 1.165) is 56.0 Å². The van der Waals surface area contributed by atoms with E-state index in [-0.39, 0.29) is 17.9 Å². The number of benzene rings is 1. The van der Waals surface area contributed by atoms with Crippen LogP contribution >= 0.6 is 0 Å². The zero-order valence-corrected chi connectivity index (χ0v) is 17.4. The molecule has 0 aliphatic carbocycles. The summed E-state index contributed by atoms with van der Waals surface area (Å²) >= 11 is 0. The minimum absolute atomic E-state index is 0.0270. The second-order valence-corrected chi connectivity index (χ2v) is 7.60. The summed E-state index contributed by atoms with van der Waals surface area (Å²) in [6.07, 6.45) is 0.950. The van der Waals surface area contributed by atoms with Gasteiger partial charge in [-0.2, -0.15) is 0 Å². The molecular formula is C21H34N4O2. The van der Waals surface area contributed by atoms with Crippen LogP contribution < -0.4 is 10.6 Å². The standard InChI is InChI=1S/C21H34N4O2/c1-6-7-22-19(26)14-24-8-10-25(11-9-24)18(5)21(27)23-20-16(3)12-15(2)13-17(20)4/h12-13,18H,6-11,14H2,1-5H3,(H,22,26)(H,23,27)/t18-/m0/s1. The third-order valence-electron chi connectivity index (χ3n) is 5.20. The molecule has 1 saturated heterocycles. The van der Waals surface area contributed by atoms with Gasteiger partial charge in [0.2, 0.25) is 11.8 Å². The van der Waals surface area contributed by atoms with Gasteiger partial charge in [0.15, 0.2) is 0 Å². The fraction of sp³-hybridized carbons (Fsp3) is 0.619. The minimum atomic E-state index is -0.193. The third kappa shape index (κ3) is 6.04. The number of piperazine rings is 1. The van der Waals surface area contributed by atoms with Crippen LogP contribution in [0.3, 0.4) is 0 Å². The zero-order valence-electron chi connectivity index (χ0n) is 17.4. The lowest BCUT2D eigenvalue weighted by Crippen LogP contribution is -2.54. The first-order chi connectivity index (χ1) is 12.8. The summed E-state index contributed by atoms with van der Waals surface area (Å²) in [6, 6.07) is 3.99. The van der Waals surface area contributed by atoms with Gasteiger partial charge in [0, 0.05) is 38.4 Å². The van der Waals surface area contributed by atoms with Crippen LogP contribution in [-0.4, -0.2) is 66.9 Å². The van der Waals surface area contributed by atoms with Crippen molar-refractivity contribution in [3.8, 4) is 0 Å². The summed E-state index contributed by atoms with van der Waals surface area (Å²) in [4.78, 5) is 28.9. The molecule has 1 aromatic rings. The Balaban J connectivity index is 1.85. The maximum Gasteiger partial charge on any atom is 0.241 e. The Morgan fingerprint density at radius 3 is 2.22 bits per heavy atom. The van der Waals surface area contributed by atoms with Gasteiger partial charge in [0.25, 0.3) is 0 Å². The maximum absolute atomic E-state index is 12.7. The number of rotatable bonds is 7. The van der Waals surface area contributed by atoms with Gasteiger partial charge in [-0.05, 0) is 45.2 Å². The topological polar surface area (TPSA) is 64.7 Å². The Kier molecular flexibility index (Phi) is 7.80. The van der Waals surface area contributed by atoms with Gasteiger partial charge in [0.1, 0.15) is 0 Å². The summed E-state index contributed by atoms with van der Waals surface area (Å²) < 4.78 is 0. The lowest BCUT2D eigenvalue weighted by atomic mass is 10.0. The molecule has 0 bridgehead atoms. The average molecular weight is 375 g/mol.